The molecule has 0 amide bonds. The fourth-order valence-corrected chi connectivity index (χ4v) is 4.83. The fraction of sp³-hybridized carbons (Fsp3) is 0.500. The lowest BCUT2D eigenvalue weighted by Gasteiger charge is -2.30. The molecule has 0 atom stereocenters. The van der Waals surface area contributed by atoms with Crippen LogP contribution in [0.25, 0.3) is 0 Å². The second kappa shape index (κ2) is 8.52. The van der Waals surface area contributed by atoms with E-state index in [0.717, 1.165) is 0 Å². The average Bonchev–Trinajstić information content (AvgIpc) is 2.62. The smallest absolute Gasteiger partial charge is 0.0561 e. The van der Waals surface area contributed by atoms with Crippen LogP contribution in [0.3, 0.4) is 0 Å². The first-order chi connectivity index (χ1) is 12.5. The third-order valence-electron chi connectivity index (χ3n) is 5.23. The summed E-state index contributed by atoms with van der Waals surface area (Å²) in [6.07, 6.45) is 9.27. The first kappa shape index (κ1) is 19.4. The van der Waals surface area contributed by atoms with Gasteiger partial charge in [0.1, 0.15) is 0 Å². The summed E-state index contributed by atoms with van der Waals surface area (Å²) >= 11 is 1.90. The number of para-hydroxylation sites is 1. The maximum absolute atomic E-state index is 3.76. The summed E-state index contributed by atoms with van der Waals surface area (Å²) in [5, 5.41) is 3.76. The van der Waals surface area contributed by atoms with Crippen LogP contribution in [-0.2, 0) is 11.8 Å². The van der Waals surface area contributed by atoms with E-state index in [4.69, 9.17) is 0 Å². The van der Waals surface area contributed by atoms with E-state index in [-0.39, 0.29) is 5.41 Å². The molecule has 0 bridgehead atoms. The predicted octanol–water partition coefficient (Wildman–Crippen LogP) is 8.10. The highest BCUT2D eigenvalue weighted by Gasteiger charge is 2.25. The molecule has 1 aliphatic rings. The zero-order valence-corrected chi connectivity index (χ0v) is 17.6. The third-order valence-corrected chi connectivity index (χ3v) is 6.37. The minimum absolute atomic E-state index is 0.176. The Kier molecular flexibility index (Phi) is 6.34. The summed E-state index contributed by atoms with van der Waals surface area (Å²) in [5.74, 6) is 0. The van der Waals surface area contributed by atoms with Gasteiger partial charge in [-0.25, -0.2) is 0 Å². The van der Waals surface area contributed by atoms with E-state index < -0.39 is 0 Å². The highest BCUT2D eigenvalue weighted by molar-refractivity contribution is 7.99. The van der Waals surface area contributed by atoms with Crippen LogP contribution < -0.4 is 5.32 Å². The van der Waals surface area contributed by atoms with Crippen LogP contribution in [0.1, 0.15) is 77.3 Å². The molecule has 3 rings (SSSR count). The van der Waals surface area contributed by atoms with Crippen LogP contribution in [-0.4, -0.2) is 0 Å². The largest absolute Gasteiger partial charge is 0.353 e. The molecule has 2 aromatic carbocycles. The van der Waals surface area contributed by atoms with Crippen LogP contribution >= 0.6 is 11.8 Å². The molecule has 0 radical (unpaired) electrons. The van der Waals surface area contributed by atoms with E-state index in [1.807, 2.05) is 11.8 Å². The molecule has 0 unspecified atom stereocenters. The molecular weight excluding hydrogens is 334 g/mol. The summed E-state index contributed by atoms with van der Waals surface area (Å²) in [6.45, 7) is 9.29. The number of anilines is 2. The van der Waals surface area contributed by atoms with Gasteiger partial charge in [0.25, 0.3) is 0 Å². The predicted molar refractivity (Wildman–Crippen MR) is 116 cm³/mol. The first-order valence-electron chi connectivity index (χ1n) is 10.2. The zero-order chi connectivity index (χ0) is 18.6. The number of hydrogen-bond donors (Lipinski definition) is 1. The topological polar surface area (TPSA) is 12.0 Å². The van der Waals surface area contributed by atoms with Crippen LogP contribution in [0.15, 0.2) is 46.2 Å². The number of fused-ring (bicyclic) bond motifs is 2. The molecule has 0 spiro atoms. The van der Waals surface area contributed by atoms with E-state index in [1.165, 1.54) is 77.2 Å². The van der Waals surface area contributed by atoms with Gasteiger partial charge in [-0.3, -0.25) is 0 Å². The molecule has 1 N–H and O–H groups in total. The molecule has 2 heteroatoms. The Balaban J connectivity index is 1.84. The van der Waals surface area contributed by atoms with Crippen LogP contribution in [0.2, 0.25) is 0 Å². The van der Waals surface area contributed by atoms with Crippen molar-refractivity contribution in [2.75, 3.05) is 5.32 Å². The van der Waals surface area contributed by atoms with Crippen LogP contribution in [0.4, 0.5) is 11.4 Å². The molecule has 1 aliphatic heterocycles. The third kappa shape index (κ3) is 4.46. The minimum Gasteiger partial charge on any atom is -0.353 e. The normalized spacial score (nSPS) is 13.1. The monoisotopic (exact) mass is 367 g/mol. The molecule has 26 heavy (non-hydrogen) atoms. The van der Waals surface area contributed by atoms with E-state index >= 15 is 0 Å². The van der Waals surface area contributed by atoms with Crippen molar-refractivity contribution in [2.45, 2.75) is 87.8 Å². The minimum atomic E-state index is 0.176. The van der Waals surface area contributed by atoms with Gasteiger partial charge >= 0.3 is 0 Å². The van der Waals surface area contributed by atoms with Gasteiger partial charge in [0, 0.05) is 9.79 Å². The van der Waals surface area contributed by atoms with Crippen molar-refractivity contribution in [1.29, 1.82) is 0 Å². The van der Waals surface area contributed by atoms with Crippen molar-refractivity contribution in [3.63, 3.8) is 0 Å². The number of hydrogen-bond acceptors (Lipinski definition) is 2. The van der Waals surface area contributed by atoms with Gasteiger partial charge in [0.15, 0.2) is 0 Å². The SMILES string of the molecule is CCCCCCCCc1c(C(C)(C)C)ccc2c1Nc1ccccc1S2. The molecule has 0 saturated heterocycles. The summed E-state index contributed by atoms with van der Waals surface area (Å²) in [5.41, 5.74) is 5.82. The van der Waals surface area contributed by atoms with Crippen molar-refractivity contribution >= 4 is 23.1 Å². The summed E-state index contributed by atoms with van der Waals surface area (Å²) in [6, 6.07) is 13.3. The number of unbranched alkanes of at least 4 members (excludes halogenated alkanes) is 5. The van der Waals surface area contributed by atoms with E-state index in [1.54, 1.807) is 0 Å². The summed E-state index contributed by atoms with van der Waals surface area (Å²) in [4.78, 5) is 2.70. The van der Waals surface area contributed by atoms with Gasteiger partial charge in [0.2, 0.25) is 0 Å². The summed E-state index contributed by atoms with van der Waals surface area (Å²) in [7, 11) is 0. The lowest BCUT2D eigenvalue weighted by Crippen LogP contribution is -2.17. The second-order valence-corrected chi connectivity index (χ2v) is 9.54. The zero-order valence-electron chi connectivity index (χ0n) is 16.8. The van der Waals surface area contributed by atoms with Crippen molar-refractivity contribution in [2.24, 2.45) is 0 Å². The Morgan fingerprint density at radius 1 is 0.846 bits per heavy atom. The van der Waals surface area contributed by atoms with Crippen LogP contribution in [0, 0.1) is 0 Å². The quantitative estimate of drug-likeness (QED) is 0.423. The highest BCUT2D eigenvalue weighted by Crippen LogP contribution is 2.47. The molecule has 0 aliphatic carbocycles. The molecule has 1 heterocycles. The lowest BCUT2D eigenvalue weighted by atomic mass is 9.81. The number of rotatable bonds is 7. The van der Waals surface area contributed by atoms with Gasteiger partial charge in [-0.1, -0.05) is 89.8 Å². The molecule has 0 aromatic heterocycles. The Bertz CT molecular complexity index is 742. The maximum atomic E-state index is 3.76. The van der Waals surface area contributed by atoms with Gasteiger partial charge in [-0.2, -0.15) is 0 Å². The molecular formula is C24H33NS. The summed E-state index contributed by atoms with van der Waals surface area (Å²) < 4.78 is 0. The van der Waals surface area contributed by atoms with Crippen LogP contribution in [0.5, 0.6) is 0 Å². The van der Waals surface area contributed by atoms with Crippen molar-refractivity contribution in [3.8, 4) is 0 Å². The van der Waals surface area contributed by atoms with E-state index in [9.17, 15) is 0 Å². The fourth-order valence-electron chi connectivity index (χ4n) is 3.80. The average molecular weight is 368 g/mol. The Hall–Kier alpha value is -1.41. The van der Waals surface area contributed by atoms with Gasteiger partial charge in [0.05, 0.1) is 11.4 Å². The number of benzene rings is 2. The molecule has 0 saturated carbocycles. The second-order valence-electron chi connectivity index (χ2n) is 8.46. The van der Waals surface area contributed by atoms with Gasteiger partial charge in [-0.05, 0) is 47.6 Å². The first-order valence-corrected chi connectivity index (χ1v) is 11.0. The maximum Gasteiger partial charge on any atom is 0.0561 e. The Morgan fingerprint density at radius 2 is 1.58 bits per heavy atom. The van der Waals surface area contributed by atoms with Crippen molar-refractivity contribution < 1.29 is 0 Å². The van der Waals surface area contributed by atoms with Gasteiger partial charge < -0.3 is 5.32 Å². The Labute approximate surface area is 164 Å². The number of nitrogens with one attached hydrogen (secondary N) is 1. The van der Waals surface area contributed by atoms with Gasteiger partial charge in [-0.15, -0.1) is 0 Å². The highest BCUT2D eigenvalue weighted by atomic mass is 32.2. The standard InChI is InChI=1S/C24H33NS/c1-5-6-7-8-9-10-13-18-19(24(2,3)4)16-17-22-23(18)25-20-14-11-12-15-21(20)26-22/h11-12,14-17,25H,5-10,13H2,1-4H3. The molecule has 1 nitrogen and oxygen atoms in total. The molecule has 0 fully saturated rings. The lowest BCUT2D eigenvalue weighted by molar-refractivity contribution is 0.571. The van der Waals surface area contributed by atoms with Crippen molar-refractivity contribution in [3.05, 3.63) is 47.5 Å². The molecule has 140 valence electrons. The Morgan fingerprint density at radius 3 is 2.35 bits per heavy atom. The molecule has 2 aromatic rings. The van der Waals surface area contributed by atoms with E-state index in [0.29, 0.717) is 0 Å². The van der Waals surface area contributed by atoms with Crippen molar-refractivity contribution in [1.82, 2.24) is 0 Å². The van der Waals surface area contributed by atoms with E-state index in [2.05, 4.69) is 69.4 Å².